The molecule has 1 aliphatic rings. The Morgan fingerprint density at radius 2 is 2.14 bits per heavy atom. The van der Waals surface area contributed by atoms with Gasteiger partial charge in [-0.25, -0.2) is 0 Å². The monoisotopic (exact) mass is 307 g/mol. The molecule has 116 valence electrons. The molecule has 1 aromatic rings. The third-order valence-corrected chi connectivity index (χ3v) is 5.26. The summed E-state index contributed by atoms with van der Waals surface area (Å²) in [7, 11) is 4.07. The molecule has 0 radical (unpaired) electrons. The first-order chi connectivity index (χ1) is 9.85. The molecule has 2 rings (SSSR count). The number of ketones is 1. The van der Waals surface area contributed by atoms with Crippen LogP contribution in [0.4, 0.5) is 0 Å². The quantitative estimate of drug-likeness (QED) is 0.828. The second-order valence-corrected chi connectivity index (χ2v) is 7.23. The number of hydrogen-bond acceptors (Lipinski definition) is 2. The molecular formula is C18H26ClNO. The number of likely N-dealkylation sites (N-methyl/N-ethyl adjacent to an activating group) is 1. The van der Waals surface area contributed by atoms with Gasteiger partial charge in [0.05, 0.1) is 5.54 Å². The van der Waals surface area contributed by atoms with Gasteiger partial charge in [-0.15, -0.1) is 0 Å². The zero-order valence-electron chi connectivity index (χ0n) is 13.6. The van der Waals surface area contributed by atoms with E-state index in [-0.39, 0.29) is 5.54 Å². The van der Waals surface area contributed by atoms with Crippen LogP contribution in [0.2, 0.25) is 5.02 Å². The maximum atomic E-state index is 13.0. The molecular weight excluding hydrogens is 282 g/mol. The zero-order valence-corrected chi connectivity index (χ0v) is 14.3. The van der Waals surface area contributed by atoms with E-state index in [0.717, 1.165) is 30.4 Å². The third-order valence-electron chi connectivity index (χ3n) is 4.91. The molecule has 0 N–H and O–H groups in total. The number of carbonyl (C=O) groups excluding carboxylic acids is 1. The summed E-state index contributed by atoms with van der Waals surface area (Å²) in [6.07, 6.45) is 4.72. The first-order valence-electron chi connectivity index (χ1n) is 7.81. The Morgan fingerprint density at radius 1 is 1.43 bits per heavy atom. The summed E-state index contributed by atoms with van der Waals surface area (Å²) in [5.74, 6) is 0.920. The molecule has 0 bridgehead atoms. The predicted molar refractivity (Wildman–Crippen MR) is 89.0 cm³/mol. The highest BCUT2D eigenvalue weighted by Crippen LogP contribution is 2.37. The molecule has 0 amide bonds. The molecule has 1 aliphatic carbocycles. The van der Waals surface area contributed by atoms with Gasteiger partial charge in [0.15, 0.2) is 5.78 Å². The van der Waals surface area contributed by atoms with Crippen LogP contribution >= 0.6 is 11.6 Å². The van der Waals surface area contributed by atoms with Gasteiger partial charge in [0.25, 0.3) is 0 Å². The van der Waals surface area contributed by atoms with Crippen LogP contribution in [0.3, 0.4) is 0 Å². The Kier molecular flexibility index (Phi) is 5.11. The highest BCUT2D eigenvalue weighted by Gasteiger charge is 2.43. The minimum absolute atomic E-state index is 0.310. The lowest BCUT2D eigenvalue weighted by molar-refractivity contribution is -0.132. The number of halogens is 1. The van der Waals surface area contributed by atoms with Crippen molar-refractivity contribution < 1.29 is 4.79 Å². The van der Waals surface area contributed by atoms with Crippen LogP contribution in [0, 0.1) is 12.8 Å². The summed E-state index contributed by atoms with van der Waals surface area (Å²) in [5, 5.41) is 0.709. The Hall–Kier alpha value is -0.860. The van der Waals surface area contributed by atoms with Crippen molar-refractivity contribution in [1.82, 2.24) is 4.90 Å². The van der Waals surface area contributed by atoms with Crippen LogP contribution < -0.4 is 0 Å². The van der Waals surface area contributed by atoms with E-state index in [1.165, 1.54) is 6.42 Å². The van der Waals surface area contributed by atoms with E-state index in [9.17, 15) is 4.79 Å². The van der Waals surface area contributed by atoms with E-state index in [4.69, 9.17) is 11.6 Å². The summed E-state index contributed by atoms with van der Waals surface area (Å²) < 4.78 is 0. The molecule has 1 aromatic carbocycles. The van der Waals surface area contributed by atoms with Crippen molar-refractivity contribution in [2.75, 3.05) is 14.1 Å². The average Bonchev–Trinajstić information content (AvgIpc) is 2.41. The van der Waals surface area contributed by atoms with E-state index < -0.39 is 0 Å². The number of Topliss-reactive ketones (excluding diaryl/α,β-unsaturated/α-hetero) is 1. The van der Waals surface area contributed by atoms with Crippen molar-refractivity contribution in [3.8, 4) is 0 Å². The van der Waals surface area contributed by atoms with E-state index in [1.807, 2.05) is 39.2 Å². The Balaban J connectivity index is 2.23. The number of hydrogen-bond donors (Lipinski definition) is 0. The lowest BCUT2D eigenvalue weighted by Gasteiger charge is -2.44. The van der Waals surface area contributed by atoms with Crippen LogP contribution in [0.25, 0.3) is 0 Å². The maximum Gasteiger partial charge on any atom is 0.157 e. The van der Waals surface area contributed by atoms with Gasteiger partial charge in [-0.3, -0.25) is 9.69 Å². The summed E-state index contributed by atoms with van der Waals surface area (Å²) >= 11 is 6.30. The lowest BCUT2D eigenvalue weighted by Crippen LogP contribution is -2.54. The highest BCUT2D eigenvalue weighted by molar-refractivity contribution is 6.31. The molecule has 0 saturated heterocycles. The number of benzene rings is 1. The minimum Gasteiger partial charge on any atom is -0.297 e. The Bertz CT molecular complexity index is 526. The maximum absolute atomic E-state index is 13.0. The van der Waals surface area contributed by atoms with Crippen molar-refractivity contribution in [3.63, 3.8) is 0 Å². The summed E-state index contributed by atoms with van der Waals surface area (Å²) in [5.41, 5.74) is 1.77. The van der Waals surface area contributed by atoms with Gasteiger partial charge in [-0.2, -0.15) is 0 Å². The molecule has 0 spiro atoms. The van der Waals surface area contributed by atoms with E-state index in [1.54, 1.807) is 0 Å². The molecule has 2 atom stereocenters. The van der Waals surface area contributed by atoms with Gasteiger partial charge >= 0.3 is 0 Å². The van der Waals surface area contributed by atoms with Gasteiger partial charge in [0.2, 0.25) is 0 Å². The van der Waals surface area contributed by atoms with Crippen LogP contribution in [0.15, 0.2) is 18.2 Å². The van der Waals surface area contributed by atoms with Crippen LogP contribution in [-0.2, 0) is 11.2 Å². The highest BCUT2D eigenvalue weighted by atomic mass is 35.5. The average molecular weight is 308 g/mol. The first kappa shape index (κ1) is 16.5. The SMILES string of the molecule is Cc1ccc(CC(=O)C2(N(C)C)CCCC(C)C2)c(Cl)c1. The molecule has 21 heavy (non-hydrogen) atoms. The van der Waals surface area contributed by atoms with E-state index >= 15 is 0 Å². The molecule has 0 aromatic heterocycles. The van der Waals surface area contributed by atoms with Crippen molar-refractivity contribution in [1.29, 1.82) is 0 Å². The van der Waals surface area contributed by atoms with Crippen LogP contribution in [0.1, 0.15) is 43.7 Å². The van der Waals surface area contributed by atoms with Gasteiger partial charge in [0, 0.05) is 11.4 Å². The Labute approximate surface area is 133 Å². The topological polar surface area (TPSA) is 20.3 Å². The van der Waals surface area contributed by atoms with Crippen molar-refractivity contribution in [3.05, 3.63) is 34.3 Å². The fourth-order valence-corrected chi connectivity index (χ4v) is 3.87. The van der Waals surface area contributed by atoms with Crippen LogP contribution in [-0.4, -0.2) is 30.3 Å². The summed E-state index contributed by atoms with van der Waals surface area (Å²) in [6.45, 7) is 4.27. The first-order valence-corrected chi connectivity index (χ1v) is 8.19. The predicted octanol–water partition coefficient (Wildman–Crippen LogP) is 4.27. The van der Waals surface area contributed by atoms with Crippen LogP contribution in [0.5, 0.6) is 0 Å². The lowest BCUT2D eigenvalue weighted by atomic mass is 9.72. The molecule has 0 aliphatic heterocycles. The fourth-order valence-electron chi connectivity index (χ4n) is 3.57. The van der Waals surface area contributed by atoms with E-state index in [2.05, 4.69) is 11.8 Å². The van der Waals surface area contributed by atoms with Gasteiger partial charge in [-0.05, 0) is 57.0 Å². The molecule has 3 heteroatoms. The van der Waals surface area contributed by atoms with Crippen molar-refractivity contribution in [2.45, 2.75) is 51.5 Å². The molecule has 1 saturated carbocycles. The van der Waals surface area contributed by atoms with Gasteiger partial charge in [-0.1, -0.05) is 43.5 Å². The Morgan fingerprint density at radius 3 is 2.71 bits per heavy atom. The van der Waals surface area contributed by atoms with Gasteiger partial charge in [0.1, 0.15) is 0 Å². The summed E-state index contributed by atoms with van der Waals surface area (Å²) in [4.78, 5) is 15.1. The number of nitrogens with zero attached hydrogens (tertiary/aromatic N) is 1. The summed E-state index contributed by atoms with van der Waals surface area (Å²) in [6, 6.07) is 5.96. The van der Waals surface area contributed by atoms with E-state index in [0.29, 0.717) is 23.1 Å². The second kappa shape index (κ2) is 6.50. The third kappa shape index (κ3) is 3.49. The number of carbonyl (C=O) groups is 1. The molecule has 1 fully saturated rings. The van der Waals surface area contributed by atoms with Crippen molar-refractivity contribution >= 4 is 17.4 Å². The molecule has 2 nitrogen and oxygen atoms in total. The smallest absolute Gasteiger partial charge is 0.157 e. The number of rotatable bonds is 4. The molecule has 2 unspecified atom stereocenters. The van der Waals surface area contributed by atoms with Gasteiger partial charge < -0.3 is 0 Å². The minimum atomic E-state index is -0.314. The zero-order chi connectivity index (χ0) is 15.6. The fraction of sp³-hybridized carbons (Fsp3) is 0.611. The second-order valence-electron chi connectivity index (χ2n) is 6.82. The largest absolute Gasteiger partial charge is 0.297 e. The standard InChI is InChI=1S/C18H26ClNO/c1-13-7-8-15(16(19)10-13)11-17(21)18(20(3)4)9-5-6-14(2)12-18/h7-8,10,14H,5-6,9,11-12H2,1-4H3. The van der Waals surface area contributed by atoms with Crippen molar-refractivity contribution in [2.24, 2.45) is 5.92 Å². The number of aryl methyl sites for hydroxylation is 1. The molecule has 0 heterocycles. The normalized spacial score (nSPS) is 26.1.